The van der Waals surface area contributed by atoms with Gasteiger partial charge in [-0.15, -0.1) is 0 Å². The summed E-state index contributed by atoms with van der Waals surface area (Å²) in [6.45, 7) is 8.01. The molecule has 1 saturated heterocycles. The maximum atomic E-state index is 9.66. The Balaban J connectivity index is 2.36. The Labute approximate surface area is 110 Å². The Hall–Kier alpha value is -0.515. The first-order valence-electron chi connectivity index (χ1n) is 5.57. The lowest BCUT2D eigenvalue weighted by Crippen LogP contribution is -2.41. The van der Waals surface area contributed by atoms with Gasteiger partial charge < -0.3 is 14.4 Å². The highest BCUT2D eigenvalue weighted by molar-refractivity contribution is 9.10. The Morgan fingerprint density at radius 2 is 1.65 bits per heavy atom. The van der Waals surface area contributed by atoms with Crippen LogP contribution in [-0.2, 0) is 9.31 Å². The summed E-state index contributed by atoms with van der Waals surface area (Å²) in [6, 6.07) is 5.28. The Morgan fingerprint density at radius 3 is 2.18 bits per heavy atom. The van der Waals surface area contributed by atoms with Crippen molar-refractivity contribution < 1.29 is 14.4 Å². The molecular weight excluding hydrogens is 283 g/mol. The van der Waals surface area contributed by atoms with Crippen molar-refractivity contribution in [3.05, 3.63) is 22.7 Å². The summed E-state index contributed by atoms with van der Waals surface area (Å²) in [5.41, 5.74) is 0.0640. The van der Waals surface area contributed by atoms with Gasteiger partial charge in [-0.05, 0) is 49.7 Å². The molecule has 0 atom stereocenters. The first kappa shape index (κ1) is 12.9. The van der Waals surface area contributed by atoms with Gasteiger partial charge >= 0.3 is 7.12 Å². The monoisotopic (exact) mass is 298 g/mol. The normalized spacial score (nSPS) is 21.8. The second-order valence-electron chi connectivity index (χ2n) is 5.27. The number of hydrogen-bond donors (Lipinski definition) is 1. The molecule has 1 aromatic rings. The van der Waals surface area contributed by atoms with Crippen molar-refractivity contribution in [2.45, 2.75) is 38.9 Å². The highest BCUT2D eigenvalue weighted by Crippen LogP contribution is 2.37. The number of aromatic hydroxyl groups is 1. The fourth-order valence-corrected chi connectivity index (χ4v) is 2.14. The molecule has 5 heteroatoms. The summed E-state index contributed by atoms with van der Waals surface area (Å²) in [7, 11) is -0.457. The number of phenols is 1. The van der Waals surface area contributed by atoms with Crippen molar-refractivity contribution >= 4 is 28.5 Å². The Kier molecular flexibility index (Phi) is 3.05. The second kappa shape index (κ2) is 4.00. The van der Waals surface area contributed by atoms with Gasteiger partial charge in [-0.2, -0.15) is 0 Å². The standard InChI is InChI=1S/C12H16BBrO3/c1-11(2)12(3,4)17-13(16-11)8-6-5-7-9(15)10(8)14/h5-7,15H,1-4H3. The van der Waals surface area contributed by atoms with E-state index in [9.17, 15) is 5.11 Å². The van der Waals surface area contributed by atoms with E-state index in [2.05, 4.69) is 15.9 Å². The average molecular weight is 299 g/mol. The topological polar surface area (TPSA) is 38.7 Å². The highest BCUT2D eigenvalue weighted by atomic mass is 79.9. The van der Waals surface area contributed by atoms with Gasteiger partial charge in [0.1, 0.15) is 5.75 Å². The highest BCUT2D eigenvalue weighted by Gasteiger charge is 2.52. The van der Waals surface area contributed by atoms with Crippen LogP contribution in [0.5, 0.6) is 5.75 Å². The van der Waals surface area contributed by atoms with Crippen molar-refractivity contribution in [1.82, 2.24) is 0 Å². The van der Waals surface area contributed by atoms with E-state index in [1.54, 1.807) is 12.1 Å². The van der Waals surface area contributed by atoms with Gasteiger partial charge in [0.25, 0.3) is 0 Å². The third-order valence-corrected chi connectivity index (χ3v) is 4.38. The molecule has 0 saturated carbocycles. The molecule has 0 aliphatic carbocycles. The van der Waals surface area contributed by atoms with Crippen LogP contribution in [0.1, 0.15) is 27.7 Å². The van der Waals surface area contributed by atoms with Crippen LogP contribution >= 0.6 is 15.9 Å². The zero-order valence-electron chi connectivity index (χ0n) is 10.5. The minimum atomic E-state index is -0.457. The quantitative estimate of drug-likeness (QED) is 0.810. The lowest BCUT2D eigenvalue weighted by atomic mass is 9.79. The molecule has 1 heterocycles. The van der Waals surface area contributed by atoms with Crippen molar-refractivity contribution in [3.63, 3.8) is 0 Å². The molecule has 3 nitrogen and oxygen atoms in total. The number of hydrogen-bond acceptors (Lipinski definition) is 3. The van der Waals surface area contributed by atoms with Crippen LogP contribution in [0.25, 0.3) is 0 Å². The number of halogens is 1. The van der Waals surface area contributed by atoms with Crippen molar-refractivity contribution in [3.8, 4) is 5.75 Å². The molecule has 1 N–H and O–H groups in total. The van der Waals surface area contributed by atoms with E-state index >= 15 is 0 Å². The lowest BCUT2D eigenvalue weighted by molar-refractivity contribution is 0.00578. The Bertz CT molecular complexity index is 429. The molecule has 0 radical (unpaired) electrons. The summed E-state index contributed by atoms with van der Waals surface area (Å²) in [5, 5.41) is 9.66. The van der Waals surface area contributed by atoms with Crippen LogP contribution in [0.4, 0.5) is 0 Å². The molecule has 1 aliphatic heterocycles. The predicted molar refractivity (Wildman–Crippen MR) is 71.5 cm³/mol. The summed E-state index contributed by atoms with van der Waals surface area (Å²) in [6.07, 6.45) is 0. The SMILES string of the molecule is CC1(C)OB(c2cccc(O)c2Br)OC1(C)C. The van der Waals surface area contributed by atoms with Crippen molar-refractivity contribution in [2.75, 3.05) is 0 Å². The van der Waals surface area contributed by atoms with Crippen molar-refractivity contribution in [1.29, 1.82) is 0 Å². The van der Waals surface area contributed by atoms with Gasteiger partial charge in [0.15, 0.2) is 0 Å². The van der Waals surface area contributed by atoms with Crippen LogP contribution < -0.4 is 5.46 Å². The minimum Gasteiger partial charge on any atom is -0.507 e. The fraction of sp³-hybridized carbons (Fsp3) is 0.500. The first-order chi connectivity index (χ1) is 7.74. The van der Waals surface area contributed by atoms with Crippen LogP contribution in [-0.4, -0.2) is 23.4 Å². The van der Waals surface area contributed by atoms with Gasteiger partial charge in [0.05, 0.1) is 15.7 Å². The maximum absolute atomic E-state index is 9.66. The smallest absolute Gasteiger partial charge is 0.496 e. The third-order valence-electron chi connectivity index (χ3n) is 3.52. The summed E-state index contributed by atoms with van der Waals surface area (Å²) >= 11 is 3.36. The first-order valence-corrected chi connectivity index (χ1v) is 6.37. The molecule has 1 fully saturated rings. The number of rotatable bonds is 1. The fourth-order valence-electron chi connectivity index (χ4n) is 1.69. The largest absolute Gasteiger partial charge is 0.507 e. The zero-order valence-corrected chi connectivity index (χ0v) is 12.0. The molecule has 17 heavy (non-hydrogen) atoms. The van der Waals surface area contributed by atoms with E-state index in [4.69, 9.17) is 9.31 Å². The van der Waals surface area contributed by atoms with Crippen LogP contribution in [0.2, 0.25) is 0 Å². The van der Waals surface area contributed by atoms with E-state index in [0.29, 0.717) is 4.47 Å². The van der Waals surface area contributed by atoms with Gasteiger partial charge in [-0.3, -0.25) is 0 Å². The second-order valence-corrected chi connectivity index (χ2v) is 6.06. The molecule has 0 bridgehead atoms. The molecule has 0 unspecified atom stereocenters. The van der Waals surface area contributed by atoms with Gasteiger partial charge in [-0.1, -0.05) is 12.1 Å². The molecule has 1 aromatic carbocycles. The number of benzene rings is 1. The summed E-state index contributed by atoms with van der Waals surface area (Å²) < 4.78 is 12.5. The number of phenolic OH excluding ortho intramolecular Hbond substituents is 1. The van der Waals surface area contributed by atoms with Crippen LogP contribution in [0, 0.1) is 0 Å². The molecule has 0 aromatic heterocycles. The third kappa shape index (κ3) is 2.12. The summed E-state index contributed by atoms with van der Waals surface area (Å²) in [5.74, 6) is 0.192. The molecule has 1 aliphatic rings. The Morgan fingerprint density at radius 1 is 1.12 bits per heavy atom. The summed E-state index contributed by atoms with van der Waals surface area (Å²) in [4.78, 5) is 0. The van der Waals surface area contributed by atoms with Crippen LogP contribution in [0.3, 0.4) is 0 Å². The van der Waals surface area contributed by atoms with E-state index < -0.39 is 7.12 Å². The van der Waals surface area contributed by atoms with Gasteiger partial charge in [-0.25, -0.2) is 0 Å². The lowest BCUT2D eigenvalue weighted by Gasteiger charge is -2.32. The van der Waals surface area contributed by atoms with Gasteiger partial charge in [0, 0.05) is 5.46 Å². The van der Waals surface area contributed by atoms with E-state index in [1.165, 1.54) is 0 Å². The molecule has 2 rings (SSSR count). The molecule has 0 amide bonds. The van der Waals surface area contributed by atoms with Gasteiger partial charge in [0.2, 0.25) is 0 Å². The molecule has 92 valence electrons. The zero-order chi connectivity index (χ0) is 12.8. The van der Waals surface area contributed by atoms with Crippen molar-refractivity contribution in [2.24, 2.45) is 0 Å². The van der Waals surface area contributed by atoms with E-state index in [-0.39, 0.29) is 17.0 Å². The van der Waals surface area contributed by atoms with Crippen LogP contribution in [0.15, 0.2) is 22.7 Å². The van der Waals surface area contributed by atoms with E-state index in [1.807, 2.05) is 33.8 Å². The minimum absolute atomic E-state index is 0.192. The molecular formula is C12H16BBrO3. The average Bonchev–Trinajstić information content (AvgIpc) is 2.40. The van der Waals surface area contributed by atoms with E-state index in [0.717, 1.165) is 5.46 Å². The maximum Gasteiger partial charge on any atom is 0.496 e. The molecule has 0 spiro atoms. The predicted octanol–water partition coefficient (Wildman–Crippen LogP) is 2.45.